The minimum absolute atomic E-state index is 0.0337. The summed E-state index contributed by atoms with van der Waals surface area (Å²) in [6.07, 6.45) is 3.83. The number of amides is 10. The van der Waals surface area contributed by atoms with Gasteiger partial charge in [0.15, 0.2) is 0 Å². The molecule has 22 nitrogen and oxygen atoms in total. The SMILES string of the molecule is COc1ccc(C[C@H](NC(=O)[C@@H]2CCCN2C(=O)c2ccc(F)cc2)C(=O)N[C@@H](CC(C)C)C(=O)NC(C)(C)C(=O)N[C@@H](CC(C)C)C(=O)N[C@@H](CC(C)C)C(=O)NC(C)(C)C(=O)NC(C)(C)C(=O)NCCC(=O)NC2(CN(C)C)CCC2)cc1Cl. The summed E-state index contributed by atoms with van der Waals surface area (Å²) in [5.74, 6) is -6.85. The first-order valence-electron chi connectivity index (χ1n) is 29.8. The number of carbonyl (C=O) groups is 10. The van der Waals surface area contributed by atoms with Crippen LogP contribution in [0.4, 0.5) is 4.39 Å². The lowest BCUT2D eigenvalue weighted by Gasteiger charge is -2.44. The van der Waals surface area contributed by atoms with Crippen LogP contribution in [0.15, 0.2) is 42.5 Å². The Morgan fingerprint density at radius 3 is 1.66 bits per heavy atom. The van der Waals surface area contributed by atoms with Gasteiger partial charge in [-0.05, 0) is 167 Å². The van der Waals surface area contributed by atoms with Gasteiger partial charge in [-0.3, -0.25) is 47.9 Å². The predicted octanol–water partition coefficient (Wildman–Crippen LogP) is 4.20. The topological polar surface area (TPSA) is 295 Å². The molecule has 2 fully saturated rings. The number of rotatable bonds is 31. The summed E-state index contributed by atoms with van der Waals surface area (Å²) in [6.45, 7) is 20.8. The molecule has 1 heterocycles. The van der Waals surface area contributed by atoms with Crippen molar-refractivity contribution in [2.45, 2.75) is 200 Å². The van der Waals surface area contributed by atoms with E-state index in [9.17, 15) is 52.3 Å². The Kier molecular flexibility index (Phi) is 25.9. The third-order valence-electron chi connectivity index (χ3n) is 15.2. The molecule has 9 N–H and O–H groups in total. The molecule has 1 aliphatic carbocycles. The molecule has 0 unspecified atom stereocenters. The first kappa shape index (κ1) is 71.6. The first-order chi connectivity index (χ1) is 40.0. The van der Waals surface area contributed by atoms with E-state index >= 15 is 0 Å². The minimum atomic E-state index is -1.71. The smallest absolute Gasteiger partial charge is 0.254 e. The summed E-state index contributed by atoms with van der Waals surface area (Å²) in [6, 6.07) is 3.88. The number of nitrogens with one attached hydrogen (secondary N) is 9. The van der Waals surface area contributed by atoms with E-state index in [1.54, 1.807) is 18.2 Å². The van der Waals surface area contributed by atoms with Gasteiger partial charge in [0.25, 0.3) is 5.91 Å². The number of benzene rings is 2. The lowest BCUT2D eigenvalue weighted by atomic mass is 9.76. The zero-order valence-electron chi connectivity index (χ0n) is 53.0. The molecule has 2 aromatic carbocycles. The van der Waals surface area contributed by atoms with Crippen molar-refractivity contribution in [3.05, 3.63) is 64.4 Å². The third-order valence-corrected chi connectivity index (χ3v) is 15.5. The molecule has 478 valence electrons. The molecule has 1 saturated carbocycles. The standard InChI is InChI=1S/C62H95ClFN11O11/c1-36(2)30-43(50(77)66-45(32-38(5)6)53(80)72-61(11,12)58(85)73-59(7,8)56(83)65-28-25-49(76)70-62(26-17-27-62)35-74(13)14)69-57(84)60(9,10)71-52(79)44(31-37(3)4)67-51(78)46(34-39-19-24-48(86-15)42(63)33-39)68-54(81)47-18-16-29-75(47)55(82)40-20-22-41(64)23-21-40/h19-24,33,36-38,43-47H,16-18,25-32,34-35H2,1-15H3,(H,65,83)(H,66,77)(H,67,78)(H,68,81)(H,69,84)(H,70,76)(H,71,79)(H,72,80)(H,73,85)/t43-,44-,45-,46-,47-/m0/s1. The molecule has 1 saturated heterocycles. The number of ether oxygens (including phenoxy) is 1. The molecule has 0 aromatic heterocycles. The van der Waals surface area contributed by atoms with Crippen LogP contribution in [-0.4, -0.2) is 162 Å². The van der Waals surface area contributed by atoms with Gasteiger partial charge in [0.2, 0.25) is 53.2 Å². The van der Waals surface area contributed by atoms with Gasteiger partial charge < -0.3 is 62.4 Å². The maximum atomic E-state index is 14.5. The van der Waals surface area contributed by atoms with Crippen molar-refractivity contribution in [3.8, 4) is 5.75 Å². The van der Waals surface area contributed by atoms with Crippen LogP contribution in [0.2, 0.25) is 5.02 Å². The number of likely N-dealkylation sites (tertiary alicyclic amines) is 1. The van der Waals surface area contributed by atoms with Crippen LogP contribution in [0.5, 0.6) is 5.75 Å². The van der Waals surface area contributed by atoms with Gasteiger partial charge in [-0.2, -0.15) is 0 Å². The molecule has 4 rings (SSSR count). The molecular formula is C62H95ClFN11O11. The lowest BCUT2D eigenvalue weighted by molar-refractivity contribution is -0.139. The molecule has 1 aliphatic heterocycles. The Hall–Kier alpha value is -6.88. The van der Waals surface area contributed by atoms with E-state index in [1.807, 2.05) is 60.5 Å². The Morgan fingerprint density at radius 1 is 0.663 bits per heavy atom. The largest absolute Gasteiger partial charge is 0.495 e. The van der Waals surface area contributed by atoms with Crippen molar-refractivity contribution in [1.29, 1.82) is 0 Å². The Bertz CT molecular complexity index is 2750. The van der Waals surface area contributed by atoms with Gasteiger partial charge in [-0.15, -0.1) is 0 Å². The fraction of sp³-hybridized carbons (Fsp3) is 0.645. The molecule has 86 heavy (non-hydrogen) atoms. The summed E-state index contributed by atoms with van der Waals surface area (Å²) < 4.78 is 19.1. The van der Waals surface area contributed by atoms with Crippen molar-refractivity contribution < 1.29 is 57.1 Å². The van der Waals surface area contributed by atoms with E-state index in [4.69, 9.17) is 16.3 Å². The second-order valence-electron chi connectivity index (χ2n) is 26.2. The number of hydrogen-bond donors (Lipinski definition) is 9. The molecule has 10 amide bonds. The van der Waals surface area contributed by atoms with Crippen molar-refractivity contribution in [1.82, 2.24) is 57.7 Å². The van der Waals surface area contributed by atoms with Gasteiger partial charge in [-0.1, -0.05) is 59.2 Å². The highest BCUT2D eigenvalue weighted by Gasteiger charge is 2.43. The summed E-state index contributed by atoms with van der Waals surface area (Å²) in [5, 5.41) is 25.4. The molecule has 0 radical (unpaired) electrons. The third kappa shape index (κ3) is 21.2. The van der Waals surface area contributed by atoms with E-state index in [0.29, 0.717) is 24.3 Å². The minimum Gasteiger partial charge on any atom is -0.495 e. The maximum absolute atomic E-state index is 14.5. The highest BCUT2D eigenvalue weighted by Crippen LogP contribution is 2.32. The molecule has 5 atom stereocenters. The van der Waals surface area contributed by atoms with Crippen molar-refractivity contribution in [2.24, 2.45) is 17.8 Å². The van der Waals surface area contributed by atoms with Crippen LogP contribution in [0.1, 0.15) is 157 Å². The van der Waals surface area contributed by atoms with Crippen molar-refractivity contribution in [2.75, 3.05) is 40.8 Å². The number of likely N-dealkylation sites (N-methyl/N-ethyl adjacent to an activating group) is 1. The van der Waals surface area contributed by atoms with Crippen LogP contribution in [0.25, 0.3) is 0 Å². The predicted molar refractivity (Wildman–Crippen MR) is 326 cm³/mol. The van der Waals surface area contributed by atoms with Crippen molar-refractivity contribution in [3.63, 3.8) is 0 Å². The highest BCUT2D eigenvalue weighted by molar-refractivity contribution is 6.32. The first-order valence-corrected chi connectivity index (χ1v) is 30.2. The van der Waals surface area contributed by atoms with E-state index in [1.165, 1.54) is 65.7 Å². The van der Waals surface area contributed by atoms with Gasteiger partial charge in [0, 0.05) is 38.0 Å². The normalized spacial score (nSPS) is 16.4. The fourth-order valence-corrected chi connectivity index (χ4v) is 10.7. The average Bonchev–Trinajstić information content (AvgIpc) is 3.26. The second-order valence-corrected chi connectivity index (χ2v) is 26.6. The highest BCUT2D eigenvalue weighted by atomic mass is 35.5. The van der Waals surface area contributed by atoms with Crippen molar-refractivity contribution >= 4 is 70.7 Å². The molecule has 0 bridgehead atoms. The Labute approximate surface area is 511 Å². The van der Waals surface area contributed by atoms with E-state index < -0.39 is 106 Å². The quantitative estimate of drug-likeness (QED) is 0.0514. The second kappa shape index (κ2) is 31.2. The lowest BCUT2D eigenvalue weighted by Crippen LogP contribution is -2.65. The number of carbonyl (C=O) groups excluding carboxylic acids is 10. The average molecular weight is 1220 g/mol. The summed E-state index contributed by atoms with van der Waals surface area (Å²) in [7, 11) is 5.34. The monoisotopic (exact) mass is 1220 g/mol. The maximum Gasteiger partial charge on any atom is 0.254 e. The number of hydrogen-bond acceptors (Lipinski definition) is 12. The van der Waals surface area contributed by atoms with Gasteiger partial charge in [-0.25, -0.2) is 4.39 Å². The molecule has 24 heteroatoms. The molecule has 2 aromatic rings. The van der Waals surface area contributed by atoms with Gasteiger partial charge >= 0.3 is 0 Å². The van der Waals surface area contributed by atoms with Crippen LogP contribution in [-0.2, 0) is 49.6 Å². The van der Waals surface area contributed by atoms with Gasteiger partial charge in [0.05, 0.1) is 17.7 Å². The van der Waals surface area contributed by atoms with E-state index in [0.717, 1.165) is 31.4 Å². The van der Waals surface area contributed by atoms with Gasteiger partial charge in [0.1, 0.15) is 58.4 Å². The number of halogens is 2. The zero-order chi connectivity index (χ0) is 64.6. The summed E-state index contributed by atoms with van der Waals surface area (Å²) >= 11 is 6.48. The van der Waals surface area contributed by atoms with E-state index in [2.05, 4.69) is 47.9 Å². The Balaban J connectivity index is 1.45. The fourth-order valence-electron chi connectivity index (χ4n) is 10.4. The number of methoxy groups -OCH3 is 1. The van der Waals surface area contributed by atoms with Crippen LogP contribution in [0.3, 0.4) is 0 Å². The number of nitrogens with zero attached hydrogens (tertiary/aromatic N) is 2. The zero-order valence-corrected chi connectivity index (χ0v) is 53.7. The van der Waals surface area contributed by atoms with Crippen LogP contribution < -0.4 is 52.6 Å². The van der Waals surface area contributed by atoms with Crippen LogP contribution in [0, 0.1) is 23.6 Å². The van der Waals surface area contributed by atoms with Crippen LogP contribution >= 0.6 is 11.6 Å². The Morgan fingerprint density at radius 2 is 1.17 bits per heavy atom. The summed E-state index contributed by atoms with van der Waals surface area (Å²) in [4.78, 5) is 143. The molecule has 0 spiro atoms. The van der Waals surface area contributed by atoms with E-state index in [-0.39, 0.29) is 91.4 Å². The molecular weight excluding hydrogens is 1130 g/mol. The summed E-state index contributed by atoms with van der Waals surface area (Å²) in [5.41, 5.74) is -4.35. The molecule has 2 aliphatic rings.